The van der Waals surface area contributed by atoms with E-state index < -0.39 is 34.1 Å². The van der Waals surface area contributed by atoms with Crippen molar-refractivity contribution in [1.82, 2.24) is 4.72 Å². The number of ether oxygens (including phenoxy) is 1. The quantitative estimate of drug-likeness (QED) is 0.138. The number of carbonyl (C=O) groups is 2. The minimum atomic E-state index is -4.63. The number of carboxylic acid groups (broad SMARTS) is 1. The number of rotatable bonds is 12. The number of carbonyl (C=O) groups excluding carboxylic acids is 1. The summed E-state index contributed by atoms with van der Waals surface area (Å²) >= 11 is 0. The van der Waals surface area contributed by atoms with Crippen molar-refractivity contribution in [2.45, 2.75) is 52.7 Å². The largest absolute Gasteiger partial charge is 0.490 e. The first-order valence-corrected chi connectivity index (χ1v) is 15.0. The second-order valence-electron chi connectivity index (χ2n) is 10.3. The molecule has 1 aromatic heterocycles. The fourth-order valence-corrected chi connectivity index (χ4v) is 5.55. The molecule has 4 rings (SSSR count). The van der Waals surface area contributed by atoms with Gasteiger partial charge in [-0.3, -0.25) is 14.1 Å². The van der Waals surface area contributed by atoms with Gasteiger partial charge in [-0.2, -0.15) is 13.1 Å². The number of benzene rings is 3. The fourth-order valence-electron chi connectivity index (χ4n) is 4.87. The van der Waals surface area contributed by atoms with Crippen LogP contribution in [0.15, 0.2) is 71.1 Å². The van der Waals surface area contributed by atoms with E-state index in [0.29, 0.717) is 39.3 Å². The summed E-state index contributed by atoms with van der Waals surface area (Å²) in [6, 6.07) is 18.3. The molecule has 10 nitrogen and oxygen atoms in total. The molecule has 11 heteroatoms. The molecule has 1 heterocycles. The van der Waals surface area contributed by atoms with Gasteiger partial charge < -0.3 is 19.6 Å². The zero-order valence-electron chi connectivity index (χ0n) is 23.7. The predicted molar refractivity (Wildman–Crippen MR) is 160 cm³/mol. The monoisotopic (exact) mass is 594 g/mol. The Balaban J connectivity index is 1.60. The Morgan fingerprint density at radius 3 is 2.33 bits per heavy atom. The number of carboxylic acids is 1. The SMILES string of the molecule is CCC(C)Oc1cccc2oc(C(=O)Nc3ccc(-c4ccccc4C(NS(=O)(=O)O)C(C)CC(=O)O)cc3)c(C)c12. The molecule has 42 heavy (non-hydrogen) atoms. The van der Waals surface area contributed by atoms with Gasteiger partial charge >= 0.3 is 16.3 Å². The highest BCUT2D eigenvalue weighted by Crippen LogP contribution is 2.36. The van der Waals surface area contributed by atoms with Crippen LogP contribution in [0, 0.1) is 12.8 Å². The molecule has 0 aliphatic carbocycles. The van der Waals surface area contributed by atoms with Crippen LogP contribution in [0.25, 0.3) is 22.1 Å². The Bertz CT molecular complexity index is 1700. The van der Waals surface area contributed by atoms with Crippen molar-refractivity contribution < 1.29 is 36.8 Å². The molecule has 0 aliphatic heterocycles. The number of hydrogen-bond donors (Lipinski definition) is 4. The molecule has 1 amide bonds. The summed E-state index contributed by atoms with van der Waals surface area (Å²) in [5, 5.41) is 12.9. The van der Waals surface area contributed by atoms with Crippen molar-refractivity contribution in [3.8, 4) is 16.9 Å². The zero-order valence-corrected chi connectivity index (χ0v) is 24.6. The number of hydrogen-bond acceptors (Lipinski definition) is 6. The van der Waals surface area contributed by atoms with Crippen LogP contribution in [0.3, 0.4) is 0 Å². The summed E-state index contributed by atoms with van der Waals surface area (Å²) < 4.78 is 47.0. The number of furan rings is 1. The van der Waals surface area contributed by atoms with E-state index in [-0.39, 0.29) is 18.3 Å². The van der Waals surface area contributed by atoms with E-state index in [1.165, 1.54) is 0 Å². The molecular weight excluding hydrogens is 560 g/mol. The molecule has 0 spiro atoms. The third-order valence-electron chi connectivity index (χ3n) is 7.12. The highest BCUT2D eigenvalue weighted by atomic mass is 32.2. The highest BCUT2D eigenvalue weighted by Gasteiger charge is 2.28. The highest BCUT2D eigenvalue weighted by molar-refractivity contribution is 7.83. The topological polar surface area (TPSA) is 155 Å². The summed E-state index contributed by atoms with van der Waals surface area (Å²) in [4.78, 5) is 24.6. The van der Waals surface area contributed by atoms with Crippen molar-refractivity contribution in [3.63, 3.8) is 0 Å². The summed E-state index contributed by atoms with van der Waals surface area (Å²) in [5.41, 5.74) is 3.55. The molecule has 222 valence electrons. The molecule has 0 radical (unpaired) electrons. The van der Waals surface area contributed by atoms with Gasteiger partial charge in [0.2, 0.25) is 0 Å². The fraction of sp³-hybridized carbons (Fsp3) is 0.290. The minimum absolute atomic E-state index is 0.00491. The van der Waals surface area contributed by atoms with Gasteiger partial charge in [0.15, 0.2) is 5.76 Å². The van der Waals surface area contributed by atoms with Crippen LogP contribution in [0.5, 0.6) is 5.75 Å². The van der Waals surface area contributed by atoms with Crippen molar-refractivity contribution in [1.29, 1.82) is 0 Å². The van der Waals surface area contributed by atoms with Crippen LogP contribution in [0.1, 0.15) is 61.3 Å². The second-order valence-corrected chi connectivity index (χ2v) is 11.5. The Morgan fingerprint density at radius 2 is 1.69 bits per heavy atom. The van der Waals surface area contributed by atoms with Crippen LogP contribution in [0.2, 0.25) is 0 Å². The minimum Gasteiger partial charge on any atom is -0.490 e. The molecule has 0 fully saturated rings. The van der Waals surface area contributed by atoms with Gasteiger partial charge in [0, 0.05) is 17.7 Å². The van der Waals surface area contributed by atoms with Crippen LogP contribution in [-0.4, -0.2) is 36.1 Å². The van der Waals surface area contributed by atoms with Crippen molar-refractivity contribution in [2.75, 3.05) is 5.32 Å². The third-order valence-corrected chi connectivity index (χ3v) is 7.67. The Labute approximate surface area is 244 Å². The lowest BCUT2D eigenvalue weighted by molar-refractivity contribution is -0.138. The summed E-state index contributed by atoms with van der Waals surface area (Å²) in [5.74, 6) is -1.37. The van der Waals surface area contributed by atoms with Gasteiger partial charge in [-0.25, -0.2) is 0 Å². The van der Waals surface area contributed by atoms with E-state index in [4.69, 9.17) is 9.15 Å². The van der Waals surface area contributed by atoms with Crippen molar-refractivity contribution in [2.24, 2.45) is 5.92 Å². The number of nitrogens with one attached hydrogen (secondary N) is 2. The van der Waals surface area contributed by atoms with Gasteiger partial charge in [-0.05, 0) is 67.1 Å². The lowest BCUT2D eigenvalue weighted by Gasteiger charge is -2.25. The molecular formula is C31H34N2O8S. The molecule has 3 unspecified atom stereocenters. The van der Waals surface area contributed by atoms with Crippen molar-refractivity contribution >= 4 is 38.8 Å². The second kappa shape index (κ2) is 12.8. The Morgan fingerprint density at radius 1 is 1.00 bits per heavy atom. The standard InChI is InChI=1S/C31H34N2O8S/c1-5-19(3)40-25-11-8-12-26-28(25)20(4)30(41-26)31(36)32-22-15-13-21(14-16-22)23-9-6-7-10-24(23)29(33-42(37,38)39)18(2)17-27(34)35/h6-16,18-19,29,33H,5,17H2,1-4H3,(H,32,36)(H,34,35)(H,37,38,39). The maximum atomic E-state index is 13.2. The number of aliphatic carboxylic acids is 1. The van der Waals surface area contributed by atoms with E-state index in [9.17, 15) is 27.7 Å². The number of fused-ring (bicyclic) bond motifs is 1. The van der Waals surface area contributed by atoms with Gasteiger partial charge in [0.05, 0.1) is 17.5 Å². The number of amides is 1. The van der Waals surface area contributed by atoms with Crippen molar-refractivity contribution in [3.05, 3.63) is 83.6 Å². The van der Waals surface area contributed by atoms with Crippen LogP contribution < -0.4 is 14.8 Å². The number of aryl methyl sites for hydroxylation is 1. The smallest absolute Gasteiger partial charge is 0.333 e. The lowest BCUT2D eigenvalue weighted by Crippen LogP contribution is -2.33. The van der Waals surface area contributed by atoms with E-state index >= 15 is 0 Å². The molecule has 0 aliphatic rings. The van der Waals surface area contributed by atoms with Crippen LogP contribution in [0.4, 0.5) is 5.69 Å². The Hall–Kier alpha value is -4.19. The molecule has 0 saturated heterocycles. The summed E-state index contributed by atoms with van der Waals surface area (Å²) in [6.45, 7) is 7.41. The maximum absolute atomic E-state index is 13.2. The predicted octanol–water partition coefficient (Wildman–Crippen LogP) is 6.38. The van der Waals surface area contributed by atoms with Gasteiger partial charge in [0.25, 0.3) is 5.91 Å². The third kappa shape index (κ3) is 7.17. The molecule has 0 bridgehead atoms. The first kappa shape index (κ1) is 30.8. The van der Waals surface area contributed by atoms with E-state index in [1.54, 1.807) is 61.5 Å². The average molecular weight is 595 g/mol. The first-order valence-electron chi connectivity index (χ1n) is 13.5. The normalized spacial score (nSPS) is 13.8. The van der Waals surface area contributed by atoms with Crippen LogP contribution >= 0.6 is 0 Å². The zero-order chi connectivity index (χ0) is 30.6. The molecule has 3 atom stereocenters. The summed E-state index contributed by atoms with van der Waals surface area (Å²) in [6.07, 6.45) is 0.518. The van der Waals surface area contributed by atoms with E-state index in [0.717, 1.165) is 11.8 Å². The molecule has 4 aromatic rings. The first-order chi connectivity index (χ1) is 19.9. The Kier molecular flexibility index (Phi) is 9.35. The maximum Gasteiger partial charge on any atom is 0.333 e. The van der Waals surface area contributed by atoms with E-state index in [2.05, 4.69) is 10.0 Å². The lowest BCUT2D eigenvalue weighted by atomic mass is 9.87. The van der Waals surface area contributed by atoms with E-state index in [1.807, 2.05) is 32.9 Å². The number of anilines is 1. The molecule has 4 N–H and O–H groups in total. The van der Waals surface area contributed by atoms with Gasteiger partial charge in [0.1, 0.15) is 11.3 Å². The van der Waals surface area contributed by atoms with Gasteiger partial charge in [-0.1, -0.05) is 56.3 Å². The van der Waals surface area contributed by atoms with Gasteiger partial charge in [-0.15, -0.1) is 0 Å². The average Bonchev–Trinajstić information content (AvgIpc) is 3.28. The summed E-state index contributed by atoms with van der Waals surface area (Å²) in [7, 11) is -4.63. The molecule has 3 aromatic carbocycles. The molecule has 0 saturated carbocycles. The van der Waals surface area contributed by atoms with Crippen LogP contribution in [-0.2, 0) is 15.1 Å².